The van der Waals surface area contributed by atoms with Crippen molar-refractivity contribution in [3.63, 3.8) is 0 Å². The summed E-state index contributed by atoms with van der Waals surface area (Å²) in [5.41, 5.74) is 5.10. The Hall–Kier alpha value is -3.06. The molecule has 0 aliphatic carbocycles. The van der Waals surface area contributed by atoms with Gasteiger partial charge < -0.3 is 20.1 Å². The van der Waals surface area contributed by atoms with Crippen LogP contribution in [0, 0.1) is 20.8 Å². The van der Waals surface area contributed by atoms with Gasteiger partial charge in [-0.15, -0.1) is 5.10 Å². The van der Waals surface area contributed by atoms with E-state index in [0.717, 1.165) is 16.8 Å². The maximum absolute atomic E-state index is 6.15. The summed E-state index contributed by atoms with van der Waals surface area (Å²) in [4.78, 5) is 4.50. The molecule has 3 aromatic rings. The van der Waals surface area contributed by atoms with E-state index in [2.05, 4.69) is 58.7 Å². The number of ether oxygens (including phenoxy) is 2. The maximum Gasteiger partial charge on any atom is 0.249 e. The summed E-state index contributed by atoms with van der Waals surface area (Å²) >= 11 is 6.15. The van der Waals surface area contributed by atoms with Gasteiger partial charge >= 0.3 is 0 Å². The van der Waals surface area contributed by atoms with Gasteiger partial charge in [-0.2, -0.15) is 10.1 Å². The second kappa shape index (κ2) is 8.31. The molecule has 0 radical (unpaired) electrons. The first-order valence-electron chi connectivity index (χ1n) is 8.64. The van der Waals surface area contributed by atoms with Crippen molar-refractivity contribution >= 4 is 34.7 Å². The van der Waals surface area contributed by atoms with E-state index < -0.39 is 0 Å². The number of aromatic nitrogens is 3. The van der Waals surface area contributed by atoms with Crippen LogP contribution in [0.3, 0.4) is 0 Å². The Kier molecular flexibility index (Phi) is 5.84. The SMILES string of the molecule is COc1cc(Nc2nncc(Nc3c(C)cc(C)cc3C)n2)c(OC)cc1Cl. The lowest BCUT2D eigenvalue weighted by Gasteiger charge is -2.15. The number of halogens is 1. The van der Waals surface area contributed by atoms with Crippen LogP contribution in [0.25, 0.3) is 0 Å². The van der Waals surface area contributed by atoms with E-state index in [-0.39, 0.29) is 0 Å². The number of nitrogens with zero attached hydrogens (tertiary/aromatic N) is 3. The number of methoxy groups -OCH3 is 2. The average molecular weight is 400 g/mol. The van der Waals surface area contributed by atoms with Gasteiger partial charge in [-0.25, -0.2) is 0 Å². The first kappa shape index (κ1) is 19.7. The Labute approximate surface area is 169 Å². The predicted molar refractivity (Wildman–Crippen MR) is 112 cm³/mol. The first-order chi connectivity index (χ1) is 13.4. The molecular weight excluding hydrogens is 378 g/mol. The molecule has 0 saturated heterocycles. The Morgan fingerprint density at radius 3 is 2.21 bits per heavy atom. The summed E-state index contributed by atoms with van der Waals surface area (Å²) in [7, 11) is 3.11. The molecule has 0 aliphatic heterocycles. The van der Waals surface area contributed by atoms with Gasteiger partial charge in [0.25, 0.3) is 0 Å². The van der Waals surface area contributed by atoms with Crippen molar-refractivity contribution in [1.82, 2.24) is 15.2 Å². The van der Waals surface area contributed by atoms with E-state index in [1.807, 2.05) is 0 Å². The van der Waals surface area contributed by atoms with Gasteiger partial charge in [-0.1, -0.05) is 29.3 Å². The standard InChI is InChI=1S/C20H22ClN5O2/c1-11-6-12(2)19(13(3)7-11)24-18-10-22-26-20(25-18)23-15-9-16(27-4)14(21)8-17(15)28-5/h6-10H,1-5H3,(H2,23,24,25,26). The fourth-order valence-electron chi connectivity index (χ4n) is 3.00. The highest BCUT2D eigenvalue weighted by molar-refractivity contribution is 6.32. The van der Waals surface area contributed by atoms with Crippen LogP contribution in [0.1, 0.15) is 16.7 Å². The van der Waals surface area contributed by atoms with E-state index in [4.69, 9.17) is 21.1 Å². The van der Waals surface area contributed by atoms with Crippen molar-refractivity contribution in [2.75, 3.05) is 24.9 Å². The molecule has 0 saturated carbocycles. The van der Waals surface area contributed by atoms with E-state index in [1.165, 1.54) is 5.56 Å². The van der Waals surface area contributed by atoms with Crippen molar-refractivity contribution in [2.45, 2.75) is 20.8 Å². The third-order valence-electron chi connectivity index (χ3n) is 4.21. The normalized spacial score (nSPS) is 10.5. The topological polar surface area (TPSA) is 81.2 Å². The number of hydrogen-bond donors (Lipinski definition) is 2. The largest absolute Gasteiger partial charge is 0.495 e. The second-order valence-electron chi connectivity index (χ2n) is 6.38. The van der Waals surface area contributed by atoms with Crippen molar-refractivity contribution in [3.05, 3.63) is 52.2 Å². The average Bonchev–Trinajstić information content (AvgIpc) is 2.66. The lowest BCUT2D eigenvalue weighted by molar-refractivity contribution is 0.405. The molecule has 3 rings (SSSR count). The fourth-order valence-corrected chi connectivity index (χ4v) is 3.23. The molecule has 0 fully saturated rings. The summed E-state index contributed by atoms with van der Waals surface area (Å²) in [5.74, 6) is 1.94. The molecule has 7 nitrogen and oxygen atoms in total. The molecule has 8 heteroatoms. The summed E-state index contributed by atoms with van der Waals surface area (Å²) < 4.78 is 10.6. The monoisotopic (exact) mass is 399 g/mol. The highest BCUT2D eigenvalue weighted by atomic mass is 35.5. The molecule has 28 heavy (non-hydrogen) atoms. The third-order valence-corrected chi connectivity index (χ3v) is 4.50. The van der Waals surface area contributed by atoms with Crippen LogP contribution in [0.5, 0.6) is 11.5 Å². The van der Waals surface area contributed by atoms with E-state index >= 15 is 0 Å². The first-order valence-corrected chi connectivity index (χ1v) is 9.02. The summed E-state index contributed by atoms with van der Waals surface area (Å²) in [6.07, 6.45) is 1.57. The molecule has 0 atom stereocenters. The molecule has 0 amide bonds. The molecule has 0 aliphatic rings. The molecule has 146 valence electrons. The van der Waals surface area contributed by atoms with E-state index in [0.29, 0.717) is 34.0 Å². The third kappa shape index (κ3) is 4.26. The molecule has 0 bridgehead atoms. The summed E-state index contributed by atoms with van der Waals surface area (Å²) in [6.45, 7) is 6.19. The zero-order chi connectivity index (χ0) is 20.3. The van der Waals surface area contributed by atoms with Gasteiger partial charge in [0.1, 0.15) is 11.5 Å². The minimum Gasteiger partial charge on any atom is -0.495 e. The van der Waals surface area contributed by atoms with Gasteiger partial charge in [0.15, 0.2) is 5.82 Å². The highest BCUT2D eigenvalue weighted by Crippen LogP contribution is 2.37. The lowest BCUT2D eigenvalue weighted by atomic mass is 10.1. The van der Waals surface area contributed by atoms with Crippen LogP contribution in [-0.4, -0.2) is 29.4 Å². The smallest absolute Gasteiger partial charge is 0.249 e. The zero-order valence-electron chi connectivity index (χ0n) is 16.4. The van der Waals surface area contributed by atoms with Gasteiger partial charge in [0.05, 0.1) is 31.1 Å². The predicted octanol–water partition coefficient (Wildman–Crippen LogP) is 4.95. The Bertz CT molecular complexity index is 987. The van der Waals surface area contributed by atoms with Crippen LogP contribution in [-0.2, 0) is 0 Å². The second-order valence-corrected chi connectivity index (χ2v) is 6.78. The molecule has 2 aromatic carbocycles. The molecule has 2 N–H and O–H groups in total. The molecular formula is C20H22ClN5O2. The van der Waals surface area contributed by atoms with Crippen LogP contribution < -0.4 is 20.1 Å². The van der Waals surface area contributed by atoms with E-state index in [9.17, 15) is 0 Å². The maximum atomic E-state index is 6.15. The molecule has 1 aromatic heterocycles. The Balaban J connectivity index is 1.89. The number of nitrogens with one attached hydrogen (secondary N) is 2. The van der Waals surface area contributed by atoms with Crippen LogP contribution in [0.4, 0.5) is 23.1 Å². The summed E-state index contributed by atoms with van der Waals surface area (Å²) in [5, 5.41) is 15.0. The van der Waals surface area contributed by atoms with Crippen molar-refractivity contribution in [3.8, 4) is 11.5 Å². The summed E-state index contributed by atoms with van der Waals surface area (Å²) in [6, 6.07) is 7.62. The minimum absolute atomic E-state index is 0.315. The van der Waals surface area contributed by atoms with Crippen LogP contribution >= 0.6 is 11.6 Å². The van der Waals surface area contributed by atoms with Crippen molar-refractivity contribution in [2.24, 2.45) is 0 Å². The lowest BCUT2D eigenvalue weighted by Crippen LogP contribution is -2.05. The number of anilines is 4. The van der Waals surface area contributed by atoms with Gasteiger partial charge in [0, 0.05) is 17.8 Å². The van der Waals surface area contributed by atoms with Crippen molar-refractivity contribution < 1.29 is 9.47 Å². The highest BCUT2D eigenvalue weighted by Gasteiger charge is 2.12. The van der Waals surface area contributed by atoms with Gasteiger partial charge in [-0.3, -0.25) is 0 Å². The van der Waals surface area contributed by atoms with Gasteiger partial charge in [0.2, 0.25) is 5.95 Å². The number of benzene rings is 2. The fraction of sp³-hybridized carbons (Fsp3) is 0.250. The zero-order valence-corrected chi connectivity index (χ0v) is 17.2. The molecule has 0 unspecified atom stereocenters. The molecule has 0 spiro atoms. The Morgan fingerprint density at radius 1 is 0.893 bits per heavy atom. The van der Waals surface area contributed by atoms with Crippen LogP contribution in [0.2, 0.25) is 5.02 Å². The number of aryl methyl sites for hydroxylation is 3. The number of rotatable bonds is 6. The van der Waals surface area contributed by atoms with Crippen LogP contribution in [0.15, 0.2) is 30.5 Å². The molecule has 1 heterocycles. The Morgan fingerprint density at radius 2 is 1.57 bits per heavy atom. The quantitative estimate of drug-likeness (QED) is 0.606. The minimum atomic E-state index is 0.315. The van der Waals surface area contributed by atoms with E-state index in [1.54, 1.807) is 32.5 Å². The number of hydrogen-bond acceptors (Lipinski definition) is 7. The van der Waals surface area contributed by atoms with Gasteiger partial charge in [-0.05, 0) is 31.9 Å². The van der Waals surface area contributed by atoms with Crippen molar-refractivity contribution in [1.29, 1.82) is 0 Å².